The van der Waals surface area contributed by atoms with Crippen molar-refractivity contribution in [3.05, 3.63) is 53.2 Å². The SMILES string of the molecule is COCCCNc1ccc(C(=O)N2CCN(c3cccc(C)c3C)CC2)cn1. The van der Waals surface area contributed by atoms with Crippen molar-refractivity contribution in [3.8, 4) is 0 Å². The number of hydrogen-bond acceptors (Lipinski definition) is 5. The van der Waals surface area contributed by atoms with E-state index in [0.29, 0.717) is 5.56 Å². The Labute approximate surface area is 167 Å². The molecule has 0 radical (unpaired) electrons. The highest BCUT2D eigenvalue weighted by atomic mass is 16.5. The maximum atomic E-state index is 12.8. The first-order valence-corrected chi connectivity index (χ1v) is 9.89. The van der Waals surface area contributed by atoms with Crippen molar-refractivity contribution in [2.75, 3.05) is 56.7 Å². The maximum Gasteiger partial charge on any atom is 0.255 e. The monoisotopic (exact) mass is 382 g/mol. The molecule has 1 aliphatic rings. The van der Waals surface area contributed by atoms with Crippen molar-refractivity contribution in [3.63, 3.8) is 0 Å². The third kappa shape index (κ3) is 4.81. The Bertz CT molecular complexity index is 784. The van der Waals surface area contributed by atoms with E-state index in [1.807, 2.05) is 17.0 Å². The topological polar surface area (TPSA) is 57.7 Å². The molecule has 0 atom stereocenters. The van der Waals surface area contributed by atoms with Gasteiger partial charge in [-0.1, -0.05) is 12.1 Å². The molecule has 1 saturated heterocycles. The van der Waals surface area contributed by atoms with Gasteiger partial charge in [0, 0.05) is 58.3 Å². The van der Waals surface area contributed by atoms with Gasteiger partial charge >= 0.3 is 0 Å². The van der Waals surface area contributed by atoms with Gasteiger partial charge in [0.25, 0.3) is 5.91 Å². The molecule has 0 bridgehead atoms. The minimum absolute atomic E-state index is 0.0547. The van der Waals surface area contributed by atoms with Crippen molar-refractivity contribution in [2.45, 2.75) is 20.3 Å². The van der Waals surface area contributed by atoms with Crippen LogP contribution in [0.1, 0.15) is 27.9 Å². The van der Waals surface area contributed by atoms with E-state index in [2.05, 4.69) is 47.2 Å². The van der Waals surface area contributed by atoms with Crippen LogP contribution >= 0.6 is 0 Å². The summed E-state index contributed by atoms with van der Waals surface area (Å²) in [6.45, 7) is 8.98. The van der Waals surface area contributed by atoms with Gasteiger partial charge in [-0.15, -0.1) is 0 Å². The first-order valence-electron chi connectivity index (χ1n) is 9.89. The van der Waals surface area contributed by atoms with Crippen LogP contribution in [0.5, 0.6) is 0 Å². The van der Waals surface area contributed by atoms with E-state index in [-0.39, 0.29) is 5.91 Å². The maximum absolute atomic E-state index is 12.8. The molecule has 0 saturated carbocycles. The number of piperazine rings is 1. The molecule has 2 aromatic rings. The van der Waals surface area contributed by atoms with Gasteiger partial charge in [-0.3, -0.25) is 4.79 Å². The van der Waals surface area contributed by atoms with Gasteiger partial charge in [0.1, 0.15) is 5.82 Å². The van der Waals surface area contributed by atoms with Crippen LogP contribution in [0.15, 0.2) is 36.5 Å². The Morgan fingerprint density at radius 2 is 1.93 bits per heavy atom. The Hall–Kier alpha value is -2.60. The summed E-state index contributed by atoms with van der Waals surface area (Å²) in [6.07, 6.45) is 2.58. The zero-order valence-electron chi connectivity index (χ0n) is 17.1. The number of ether oxygens (including phenoxy) is 1. The number of benzene rings is 1. The Morgan fingerprint density at radius 3 is 2.61 bits per heavy atom. The van der Waals surface area contributed by atoms with E-state index in [0.717, 1.165) is 51.6 Å². The molecule has 1 aromatic carbocycles. The minimum Gasteiger partial charge on any atom is -0.385 e. The van der Waals surface area contributed by atoms with Gasteiger partial charge in [0.05, 0.1) is 5.56 Å². The lowest BCUT2D eigenvalue weighted by atomic mass is 10.1. The van der Waals surface area contributed by atoms with Gasteiger partial charge in [0.2, 0.25) is 0 Å². The molecule has 2 heterocycles. The lowest BCUT2D eigenvalue weighted by molar-refractivity contribution is 0.0746. The smallest absolute Gasteiger partial charge is 0.255 e. The van der Waals surface area contributed by atoms with Crippen LogP contribution in [0, 0.1) is 13.8 Å². The molecule has 6 heteroatoms. The number of carbonyl (C=O) groups is 1. The second-order valence-corrected chi connectivity index (χ2v) is 7.20. The highest BCUT2D eigenvalue weighted by Crippen LogP contribution is 2.24. The van der Waals surface area contributed by atoms with Crippen molar-refractivity contribution < 1.29 is 9.53 Å². The Balaban J connectivity index is 1.54. The van der Waals surface area contributed by atoms with E-state index in [1.165, 1.54) is 16.8 Å². The number of methoxy groups -OCH3 is 1. The standard InChI is InChI=1S/C22H30N4O2/c1-17-6-4-7-20(18(17)2)25-11-13-26(14-12-25)22(27)19-8-9-21(24-16-19)23-10-5-15-28-3/h4,6-9,16H,5,10-15H2,1-3H3,(H,23,24). The third-order valence-corrected chi connectivity index (χ3v) is 5.33. The number of aromatic nitrogens is 1. The lowest BCUT2D eigenvalue weighted by Gasteiger charge is -2.37. The molecule has 150 valence electrons. The van der Waals surface area contributed by atoms with Gasteiger partial charge in [0.15, 0.2) is 0 Å². The largest absolute Gasteiger partial charge is 0.385 e. The van der Waals surface area contributed by atoms with Gasteiger partial charge in [-0.25, -0.2) is 4.98 Å². The normalized spacial score (nSPS) is 14.2. The molecule has 1 aromatic heterocycles. The van der Waals surface area contributed by atoms with Crippen LogP contribution in [-0.4, -0.2) is 62.2 Å². The zero-order valence-corrected chi connectivity index (χ0v) is 17.1. The van der Waals surface area contributed by atoms with E-state index < -0.39 is 0 Å². The molecular formula is C22H30N4O2. The lowest BCUT2D eigenvalue weighted by Crippen LogP contribution is -2.49. The fourth-order valence-electron chi connectivity index (χ4n) is 3.47. The molecule has 0 unspecified atom stereocenters. The molecule has 0 spiro atoms. The van der Waals surface area contributed by atoms with E-state index in [1.54, 1.807) is 13.3 Å². The molecule has 0 aliphatic carbocycles. The van der Waals surface area contributed by atoms with Crippen molar-refractivity contribution in [1.82, 2.24) is 9.88 Å². The quantitative estimate of drug-likeness (QED) is 0.746. The number of hydrogen-bond donors (Lipinski definition) is 1. The second-order valence-electron chi connectivity index (χ2n) is 7.20. The number of anilines is 2. The van der Waals surface area contributed by atoms with Gasteiger partial charge in [-0.05, 0) is 49.6 Å². The third-order valence-electron chi connectivity index (χ3n) is 5.33. The van der Waals surface area contributed by atoms with Crippen molar-refractivity contribution in [2.24, 2.45) is 0 Å². The molecule has 1 aliphatic heterocycles. The number of aryl methyl sites for hydroxylation is 1. The first-order chi connectivity index (χ1) is 13.6. The molecule has 1 amide bonds. The molecular weight excluding hydrogens is 352 g/mol. The second kappa shape index (κ2) is 9.55. The summed E-state index contributed by atoms with van der Waals surface area (Å²) in [5, 5.41) is 3.24. The molecule has 6 nitrogen and oxygen atoms in total. The zero-order chi connectivity index (χ0) is 19.9. The summed E-state index contributed by atoms with van der Waals surface area (Å²) >= 11 is 0. The number of nitrogens with one attached hydrogen (secondary N) is 1. The summed E-state index contributed by atoms with van der Waals surface area (Å²) < 4.78 is 5.03. The van der Waals surface area contributed by atoms with Gasteiger partial charge < -0.3 is 19.9 Å². The Kier molecular flexibility index (Phi) is 6.87. The molecule has 3 rings (SSSR count). The number of nitrogens with zero attached hydrogens (tertiary/aromatic N) is 3. The van der Waals surface area contributed by atoms with Crippen LogP contribution in [0.4, 0.5) is 11.5 Å². The first kappa shape index (κ1) is 20.1. The van der Waals surface area contributed by atoms with Crippen LogP contribution in [-0.2, 0) is 4.74 Å². The molecule has 1 N–H and O–H groups in total. The van der Waals surface area contributed by atoms with Crippen LogP contribution < -0.4 is 10.2 Å². The van der Waals surface area contributed by atoms with Crippen molar-refractivity contribution in [1.29, 1.82) is 0 Å². The summed E-state index contributed by atoms with van der Waals surface area (Å²) in [6, 6.07) is 10.1. The average molecular weight is 383 g/mol. The molecule has 28 heavy (non-hydrogen) atoms. The summed E-state index contributed by atoms with van der Waals surface area (Å²) in [5.41, 5.74) is 4.54. The fraction of sp³-hybridized carbons (Fsp3) is 0.455. The van der Waals surface area contributed by atoms with E-state index in [9.17, 15) is 4.79 Å². The number of amides is 1. The fourth-order valence-corrected chi connectivity index (χ4v) is 3.47. The van der Waals surface area contributed by atoms with Crippen LogP contribution in [0.3, 0.4) is 0 Å². The van der Waals surface area contributed by atoms with Crippen molar-refractivity contribution >= 4 is 17.4 Å². The van der Waals surface area contributed by atoms with Crippen LogP contribution in [0.25, 0.3) is 0 Å². The highest BCUT2D eigenvalue weighted by Gasteiger charge is 2.23. The molecule has 1 fully saturated rings. The van der Waals surface area contributed by atoms with E-state index >= 15 is 0 Å². The van der Waals surface area contributed by atoms with Crippen LogP contribution in [0.2, 0.25) is 0 Å². The average Bonchev–Trinajstić information content (AvgIpc) is 2.73. The Morgan fingerprint density at radius 1 is 1.14 bits per heavy atom. The summed E-state index contributed by atoms with van der Waals surface area (Å²) in [5.74, 6) is 0.839. The number of pyridine rings is 1. The predicted molar refractivity (Wildman–Crippen MR) is 113 cm³/mol. The highest BCUT2D eigenvalue weighted by molar-refractivity contribution is 5.94. The number of carbonyl (C=O) groups excluding carboxylic acids is 1. The summed E-state index contributed by atoms with van der Waals surface area (Å²) in [4.78, 5) is 21.5. The minimum atomic E-state index is 0.0547. The van der Waals surface area contributed by atoms with E-state index in [4.69, 9.17) is 4.74 Å². The summed E-state index contributed by atoms with van der Waals surface area (Å²) in [7, 11) is 1.69. The van der Waals surface area contributed by atoms with Gasteiger partial charge in [-0.2, -0.15) is 0 Å². The number of rotatable bonds is 7. The predicted octanol–water partition coefficient (Wildman–Crippen LogP) is 3.11.